The number of aliphatic carboxylic acids is 2. The Labute approximate surface area is 127 Å². The lowest BCUT2D eigenvalue weighted by molar-refractivity contribution is -0.136. The van der Waals surface area contributed by atoms with Crippen molar-refractivity contribution in [1.82, 2.24) is 4.90 Å². The molecule has 0 aromatic carbocycles. The van der Waals surface area contributed by atoms with Crippen molar-refractivity contribution < 1.29 is 19.8 Å². The van der Waals surface area contributed by atoms with Gasteiger partial charge in [0, 0.05) is 11.1 Å². The molecule has 6 heteroatoms. The first kappa shape index (κ1) is 21.2. The first-order valence-electron chi connectivity index (χ1n) is 6.74. The van der Waals surface area contributed by atoms with Crippen LogP contribution in [0.5, 0.6) is 0 Å². The van der Waals surface area contributed by atoms with E-state index in [-0.39, 0.29) is 29.5 Å². The third-order valence-corrected chi connectivity index (χ3v) is 3.45. The second kappa shape index (κ2) is 10.7. The summed E-state index contributed by atoms with van der Waals surface area (Å²) in [7, 11) is 0. The van der Waals surface area contributed by atoms with Gasteiger partial charge in [-0.3, -0.25) is 0 Å². The molecule has 0 spiro atoms. The molecule has 0 saturated heterocycles. The Bertz CT molecular complexity index is 351. The van der Waals surface area contributed by atoms with Crippen molar-refractivity contribution in [1.29, 1.82) is 0 Å². The summed E-state index contributed by atoms with van der Waals surface area (Å²) in [6.45, 7) is 10.2. The average Bonchev–Trinajstić information content (AvgIpc) is 2.34. The van der Waals surface area contributed by atoms with Crippen LogP contribution >= 0.6 is 12.4 Å². The molecular formula is C14H26ClNO4. The molecule has 0 fully saturated rings. The Morgan fingerprint density at radius 3 is 1.95 bits per heavy atom. The smallest absolute Gasteiger partial charge is 0.332 e. The van der Waals surface area contributed by atoms with Crippen LogP contribution in [0.15, 0.2) is 11.1 Å². The summed E-state index contributed by atoms with van der Waals surface area (Å²) in [4.78, 5) is 24.3. The number of carboxylic acids is 2. The highest BCUT2D eigenvalue weighted by Gasteiger charge is 2.22. The van der Waals surface area contributed by atoms with Gasteiger partial charge in [-0.15, -0.1) is 12.4 Å². The minimum atomic E-state index is -1.16. The monoisotopic (exact) mass is 307 g/mol. The van der Waals surface area contributed by atoms with Gasteiger partial charge in [0.05, 0.1) is 0 Å². The molecule has 0 heterocycles. The second-order valence-electron chi connectivity index (χ2n) is 4.72. The lowest BCUT2D eigenvalue weighted by atomic mass is 9.92. The lowest BCUT2D eigenvalue weighted by Crippen LogP contribution is -2.25. The molecule has 0 amide bonds. The predicted octanol–water partition coefficient (Wildman–Crippen LogP) is 2.65. The largest absolute Gasteiger partial charge is 0.478 e. The van der Waals surface area contributed by atoms with Crippen molar-refractivity contribution in [2.75, 3.05) is 19.6 Å². The second-order valence-corrected chi connectivity index (χ2v) is 4.72. The maximum atomic E-state index is 11.2. The van der Waals surface area contributed by atoms with Crippen molar-refractivity contribution >= 4 is 24.3 Å². The molecule has 0 saturated carbocycles. The minimum Gasteiger partial charge on any atom is -0.478 e. The van der Waals surface area contributed by atoms with Crippen molar-refractivity contribution in [2.45, 2.75) is 40.5 Å². The summed E-state index contributed by atoms with van der Waals surface area (Å²) >= 11 is 0. The third kappa shape index (κ3) is 6.91. The van der Waals surface area contributed by atoms with Crippen molar-refractivity contribution in [3.05, 3.63) is 11.1 Å². The summed E-state index contributed by atoms with van der Waals surface area (Å²) in [5.74, 6) is -2.53. The van der Waals surface area contributed by atoms with E-state index < -0.39 is 11.9 Å². The van der Waals surface area contributed by atoms with E-state index in [1.54, 1.807) is 6.92 Å². The van der Waals surface area contributed by atoms with E-state index in [0.717, 1.165) is 26.1 Å². The maximum Gasteiger partial charge on any atom is 0.332 e. The SMILES string of the molecule is CCN(CC)CCCC(C)/C(C(=O)O)=C(/C)C(=O)O.Cl. The summed E-state index contributed by atoms with van der Waals surface area (Å²) in [5, 5.41) is 18.0. The Hall–Kier alpha value is -1.07. The lowest BCUT2D eigenvalue weighted by Gasteiger charge is -2.20. The van der Waals surface area contributed by atoms with Crippen LogP contribution in [0.4, 0.5) is 0 Å². The molecule has 1 atom stereocenters. The minimum absolute atomic E-state index is 0. The van der Waals surface area contributed by atoms with Gasteiger partial charge in [0.25, 0.3) is 0 Å². The van der Waals surface area contributed by atoms with Crippen LogP contribution in [0, 0.1) is 5.92 Å². The molecule has 0 bridgehead atoms. The molecule has 20 heavy (non-hydrogen) atoms. The van der Waals surface area contributed by atoms with Gasteiger partial charge in [-0.1, -0.05) is 20.8 Å². The van der Waals surface area contributed by atoms with Crippen LogP contribution in [0.25, 0.3) is 0 Å². The number of halogens is 1. The standard InChI is InChI=1S/C14H25NO4.ClH/c1-5-15(6-2)9-7-8-10(3)12(14(18)19)11(4)13(16)17;/h10H,5-9H2,1-4H3,(H,16,17)(H,18,19);1H/b12-11+;. The quantitative estimate of drug-likeness (QED) is 0.640. The zero-order chi connectivity index (χ0) is 15.0. The van der Waals surface area contributed by atoms with E-state index >= 15 is 0 Å². The Morgan fingerprint density at radius 2 is 1.60 bits per heavy atom. The zero-order valence-electron chi connectivity index (χ0n) is 12.7. The van der Waals surface area contributed by atoms with E-state index in [2.05, 4.69) is 18.7 Å². The van der Waals surface area contributed by atoms with Crippen LogP contribution in [0.3, 0.4) is 0 Å². The topological polar surface area (TPSA) is 77.8 Å². The highest BCUT2D eigenvalue weighted by molar-refractivity contribution is 5.98. The number of hydrogen-bond donors (Lipinski definition) is 2. The van der Waals surface area contributed by atoms with Crippen LogP contribution in [-0.4, -0.2) is 46.7 Å². The Kier molecular flexibility index (Phi) is 11.3. The summed E-state index contributed by atoms with van der Waals surface area (Å²) in [6, 6.07) is 0. The third-order valence-electron chi connectivity index (χ3n) is 3.45. The average molecular weight is 308 g/mol. The highest BCUT2D eigenvalue weighted by Crippen LogP contribution is 2.21. The summed E-state index contributed by atoms with van der Waals surface area (Å²) < 4.78 is 0. The van der Waals surface area contributed by atoms with Crippen molar-refractivity contribution in [3.8, 4) is 0 Å². The number of rotatable bonds is 9. The van der Waals surface area contributed by atoms with Crippen LogP contribution in [0.2, 0.25) is 0 Å². The molecule has 0 aliphatic carbocycles. The van der Waals surface area contributed by atoms with E-state index in [1.807, 2.05) is 0 Å². The molecule has 2 N–H and O–H groups in total. The van der Waals surface area contributed by atoms with Crippen LogP contribution < -0.4 is 0 Å². The fourth-order valence-corrected chi connectivity index (χ4v) is 2.16. The predicted molar refractivity (Wildman–Crippen MR) is 81.4 cm³/mol. The molecular weight excluding hydrogens is 282 g/mol. The van der Waals surface area contributed by atoms with E-state index in [0.29, 0.717) is 6.42 Å². The molecule has 1 unspecified atom stereocenters. The van der Waals surface area contributed by atoms with Gasteiger partial charge in [-0.25, -0.2) is 9.59 Å². The number of carboxylic acid groups (broad SMARTS) is 2. The van der Waals surface area contributed by atoms with Gasteiger partial charge in [0.15, 0.2) is 0 Å². The van der Waals surface area contributed by atoms with Gasteiger partial charge < -0.3 is 15.1 Å². The van der Waals surface area contributed by atoms with Gasteiger partial charge in [-0.2, -0.15) is 0 Å². The summed E-state index contributed by atoms with van der Waals surface area (Å²) in [6.07, 6.45) is 1.55. The van der Waals surface area contributed by atoms with Gasteiger partial charge in [0.2, 0.25) is 0 Å². The van der Waals surface area contributed by atoms with Crippen molar-refractivity contribution in [2.24, 2.45) is 5.92 Å². The molecule has 5 nitrogen and oxygen atoms in total. The van der Waals surface area contributed by atoms with Crippen LogP contribution in [-0.2, 0) is 9.59 Å². The first-order valence-corrected chi connectivity index (χ1v) is 6.74. The maximum absolute atomic E-state index is 11.2. The molecule has 0 rings (SSSR count). The van der Waals surface area contributed by atoms with E-state index in [1.165, 1.54) is 6.92 Å². The van der Waals surface area contributed by atoms with Crippen LogP contribution in [0.1, 0.15) is 40.5 Å². The Morgan fingerprint density at radius 1 is 1.10 bits per heavy atom. The molecule has 118 valence electrons. The molecule has 0 aromatic rings. The number of hydrogen-bond acceptors (Lipinski definition) is 3. The van der Waals surface area contributed by atoms with Gasteiger partial charge in [-0.05, 0) is 45.3 Å². The zero-order valence-corrected chi connectivity index (χ0v) is 13.5. The number of nitrogens with zero attached hydrogens (tertiary/aromatic N) is 1. The first-order chi connectivity index (χ1) is 8.84. The number of carbonyl (C=O) groups is 2. The van der Waals surface area contributed by atoms with Crippen molar-refractivity contribution in [3.63, 3.8) is 0 Å². The molecule has 0 aromatic heterocycles. The molecule has 0 aliphatic heterocycles. The highest BCUT2D eigenvalue weighted by atomic mass is 35.5. The van der Waals surface area contributed by atoms with E-state index in [4.69, 9.17) is 10.2 Å². The normalized spacial score (nSPS) is 13.4. The van der Waals surface area contributed by atoms with E-state index in [9.17, 15) is 9.59 Å². The van der Waals surface area contributed by atoms with Gasteiger partial charge in [0.1, 0.15) is 0 Å². The summed E-state index contributed by atoms with van der Waals surface area (Å²) in [5.41, 5.74) is -0.0464. The fourth-order valence-electron chi connectivity index (χ4n) is 2.16. The Balaban J connectivity index is 0. The van der Waals surface area contributed by atoms with Gasteiger partial charge >= 0.3 is 11.9 Å². The fraction of sp³-hybridized carbons (Fsp3) is 0.714. The molecule has 0 radical (unpaired) electrons. The molecule has 0 aliphatic rings.